The summed E-state index contributed by atoms with van der Waals surface area (Å²) in [5, 5.41) is 3.73. The van der Waals surface area contributed by atoms with Crippen LogP contribution in [0.2, 0.25) is 0 Å². The van der Waals surface area contributed by atoms with Gasteiger partial charge in [0.1, 0.15) is 0 Å². The van der Waals surface area contributed by atoms with E-state index in [1.807, 2.05) is 25.6 Å². The van der Waals surface area contributed by atoms with E-state index in [1.165, 1.54) is 24.3 Å². The van der Waals surface area contributed by atoms with Gasteiger partial charge in [-0.15, -0.1) is 0 Å². The highest BCUT2D eigenvalue weighted by molar-refractivity contribution is 7.99. The van der Waals surface area contributed by atoms with Gasteiger partial charge in [-0.1, -0.05) is 13.8 Å². The molecule has 0 bridgehead atoms. The number of hydrogen-bond donors (Lipinski definition) is 1. The fourth-order valence-corrected chi connectivity index (χ4v) is 5.94. The van der Waals surface area contributed by atoms with Crippen LogP contribution in [0, 0.1) is 5.92 Å². The molecule has 2 aliphatic rings. The molecule has 2 heterocycles. The zero-order valence-electron chi connectivity index (χ0n) is 12.7. The standard InChI is InChI=1S/C14H28N2O2S2/c1-12(2)11-20(17,18)16-7-5-13(6-8-16)15-14-4-3-9-19-10-14/h12-15H,3-11H2,1-2H3/t14-/m1/s1. The molecule has 1 N–H and O–H groups in total. The Labute approximate surface area is 128 Å². The van der Waals surface area contributed by atoms with Crippen LogP contribution >= 0.6 is 11.8 Å². The first-order valence-electron chi connectivity index (χ1n) is 7.79. The van der Waals surface area contributed by atoms with E-state index < -0.39 is 10.0 Å². The van der Waals surface area contributed by atoms with E-state index in [9.17, 15) is 8.42 Å². The maximum absolute atomic E-state index is 12.2. The van der Waals surface area contributed by atoms with Crippen molar-refractivity contribution in [2.75, 3.05) is 30.3 Å². The average molecular weight is 321 g/mol. The largest absolute Gasteiger partial charge is 0.310 e. The van der Waals surface area contributed by atoms with Crippen molar-refractivity contribution in [3.8, 4) is 0 Å². The molecule has 0 spiro atoms. The number of rotatable bonds is 5. The first kappa shape index (κ1) is 16.6. The van der Waals surface area contributed by atoms with Gasteiger partial charge in [-0.25, -0.2) is 12.7 Å². The van der Waals surface area contributed by atoms with Crippen LogP contribution in [-0.2, 0) is 10.0 Å². The molecule has 2 saturated heterocycles. The van der Waals surface area contributed by atoms with E-state index in [0.29, 0.717) is 25.2 Å². The van der Waals surface area contributed by atoms with Gasteiger partial charge in [0.2, 0.25) is 10.0 Å². The Kier molecular flexibility index (Phi) is 6.20. The molecule has 20 heavy (non-hydrogen) atoms. The monoisotopic (exact) mass is 320 g/mol. The summed E-state index contributed by atoms with van der Waals surface area (Å²) in [6.45, 7) is 5.30. The number of nitrogens with zero attached hydrogens (tertiary/aromatic N) is 1. The Morgan fingerprint density at radius 3 is 2.45 bits per heavy atom. The molecule has 0 aromatic heterocycles. The lowest BCUT2D eigenvalue weighted by atomic mass is 10.0. The Balaban J connectivity index is 1.77. The lowest BCUT2D eigenvalue weighted by Crippen LogP contribution is -2.49. The van der Waals surface area contributed by atoms with Crippen LogP contribution in [0.3, 0.4) is 0 Å². The van der Waals surface area contributed by atoms with Gasteiger partial charge in [-0.3, -0.25) is 0 Å². The van der Waals surface area contributed by atoms with Crippen LogP contribution in [0.4, 0.5) is 0 Å². The summed E-state index contributed by atoms with van der Waals surface area (Å²) in [7, 11) is -3.04. The van der Waals surface area contributed by atoms with Crippen molar-refractivity contribution < 1.29 is 8.42 Å². The van der Waals surface area contributed by atoms with Crippen molar-refractivity contribution >= 4 is 21.8 Å². The van der Waals surface area contributed by atoms with E-state index >= 15 is 0 Å². The SMILES string of the molecule is CC(C)CS(=O)(=O)N1CCC(N[C@@H]2CCCSC2)CC1. The summed E-state index contributed by atoms with van der Waals surface area (Å²) < 4.78 is 26.1. The number of sulfonamides is 1. The minimum Gasteiger partial charge on any atom is -0.310 e. The Hall–Kier alpha value is 0.220. The maximum Gasteiger partial charge on any atom is 0.214 e. The minimum absolute atomic E-state index is 0.204. The predicted octanol–water partition coefficient (Wildman–Crippen LogP) is 1.92. The molecule has 0 aliphatic carbocycles. The topological polar surface area (TPSA) is 49.4 Å². The molecule has 2 rings (SSSR count). The molecule has 0 unspecified atom stereocenters. The highest BCUT2D eigenvalue weighted by atomic mass is 32.2. The molecule has 0 aromatic rings. The molecule has 118 valence electrons. The molecule has 0 radical (unpaired) electrons. The second-order valence-corrected chi connectivity index (χ2v) is 9.59. The normalized spacial score (nSPS) is 27.1. The average Bonchev–Trinajstić information content (AvgIpc) is 2.39. The van der Waals surface area contributed by atoms with Crippen molar-refractivity contribution in [1.82, 2.24) is 9.62 Å². The molecule has 0 aromatic carbocycles. The van der Waals surface area contributed by atoms with Crippen molar-refractivity contribution in [2.24, 2.45) is 5.92 Å². The lowest BCUT2D eigenvalue weighted by molar-refractivity contribution is 0.272. The summed E-state index contributed by atoms with van der Waals surface area (Å²) in [5.74, 6) is 3.00. The second kappa shape index (κ2) is 7.47. The third kappa shape index (κ3) is 4.90. The predicted molar refractivity (Wildman–Crippen MR) is 86.7 cm³/mol. The second-order valence-electron chi connectivity index (χ2n) is 6.43. The molecular formula is C14H28N2O2S2. The van der Waals surface area contributed by atoms with Crippen molar-refractivity contribution in [3.05, 3.63) is 0 Å². The van der Waals surface area contributed by atoms with Gasteiger partial charge in [0.25, 0.3) is 0 Å². The number of thioether (sulfide) groups is 1. The lowest BCUT2D eigenvalue weighted by Gasteiger charge is -2.35. The van der Waals surface area contributed by atoms with Gasteiger partial charge in [0.15, 0.2) is 0 Å². The van der Waals surface area contributed by atoms with Crippen molar-refractivity contribution in [2.45, 2.75) is 51.6 Å². The minimum atomic E-state index is -3.04. The van der Waals surface area contributed by atoms with Gasteiger partial charge < -0.3 is 5.32 Å². The van der Waals surface area contributed by atoms with Gasteiger partial charge in [0.05, 0.1) is 5.75 Å². The third-order valence-corrected chi connectivity index (χ3v) is 7.48. The summed E-state index contributed by atoms with van der Waals surface area (Å²) in [6, 6.07) is 1.14. The van der Waals surface area contributed by atoms with E-state index in [1.54, 1.807) is 4.31 Å². The van der Waals surface area contributed by atoms with Gasteiger partial charge >= 0.3 is 0 Å². The molecule has 1 atom stereocenters. The molecule has 6 heteroatoms. The summed E-state index contributed by atoms with van der Waals surface area (Å²) in [5.41, 5.74) is 0. The van der Waals surface area contributed by atoms with E-state index in [0.717, 1.165) is 12.8 Å². The van der Waals surface area contributed by atoms with Crippen LogP contribution in [0.1, 0.15) is 39.5 Å². The smallest absolute Gasteiger partial charge is 0.214 e. The highest BCUT2D eigenvalue weighted by Gasteiger charge is 2.29. The molecule has 4 nitrogen and oxygen atoms in total. The first-order chi connectivity index (χ1) is 9.47. The number of hydrogen-bond acceptors (Lipinski definition) is 4. The van der Waals surface area contributed by atoms with Crippen LogP contribution in [0.25, 0.3) is 0 Å². The molecule has 0 amide bonds. The van der Waals surface area contributed by atoms with Crippen LogP contribution < -0.4 is 5.32 Å². The quantitative estimate of drug-likeness (QED) is 0.841. The van der Waals surface area contributed by atoms with Gasteiger partial charge in [-0.2, -0.15) is 11.8 Å². The van der Waals surface area contributed by atoms with E-state index in [4.69, 9.17) is 0 Å². The Bertz CT molecular complexity index is 384. The van der Waals surface area contributed by atoms with Crippen LogP contribution in [0.5, 0.6) is 0 Å². The molecule has 2 fully saturated rings. The molecular weight excluding hydrogens is 292 g/mol. The highest BCUT2D eigenvalue weighted by Crippen LogP contribution is 2.21. The molecule has 0 saturated carbocycles. The fourth-order valence-electron chi connectivity index (χ4n) is 3.03. The third-order valence-electron chi connectivity index (χ3n) is 4.02. The zero-order valence-corrected chi connectivity index (χ0v) is 14.3. The summed E-state index contributed by atoms with van der Waals surface area (Å²) in [4.78, 5) is 0. The van der Waals surface area contributed by atoms with Gasteiger partial charge in [-0.05, 0) is 37.4 Å². The van der Waals surface area contributed by atoms with Crippen molar-refractivity contribution in [1.29, 1.82) is 0 Å². The first-order valence-corrected chi connectivity index (χ1v) is 10.6. The van der Waals surface area contributed by atoms with Crippen LogP contribution in [-0.4, -0.2) is 55.2 Å². The Morgan fingerprint density at radius 2 is 1.90 bits per heavy atom. The van der Waals surface area contributed by atoms with Crippen LogP contribution in [0.15, 0.2) is 0 Å². The maximum atomic E-state index is 12.2. The van der Waals surface area contributed by atoms with Crippen molar-refractivity contribution in [3.63, 3.8) is 0 Å². The number of piperidine rings is 1. The number of nitrogens with one attached hydrogen (secondary N) is 1. The molecule has 2 aliphatic heterocycles. The van der Waals surface area contributed by atoms with E-state index in [2.05, 4.69) is 5.32 Å². The fraction of sp³-hybridized carbons (Fsp3) is 1.00. The Morgan fingerprint density at radius 1 is 1.20 bits per heavy atom. The van der Waals surface area contributed by atoms with Gasteiger partial charge in [0, 0.05) is 30.9 Å². The summed E-state index contributed by atoms with van der Waals surface area (Å²) in [6.07, 6.45) is 4.50. The zero-order chi connectivity index (χ0) is 14.6. The van der Waals surface area contributed by atoms with E-state index in [-0.39, 0.29) is 11.7 Å². The summed E-state index contributed by atoms with van der Waals surface area (Å²) >= 11 is 2.03.